The third kappa shape index (κ3) is 3.74. The maximum absolute atomic E-state index is 10.9. The minimum Gasteiger partial charge on any atom is -0.396 e. The molecule has 0 saturated heterocycles. The second-order valence-corrected chi connectivity index (χ2v) is 3.34. The van der Waals surface area contributed by atoms with E-state index in [9.17, 15) is 4.21 Å². The van der Waals surface area contributed by atoms with Gasteiger partial charge in [-0.25, -0.2) is 4.21 Å². The summed E-state index contributed by atoms with van der Waals surface area (Å²) in [5.41, 5.74) is 0. The Morgan fingerprint density at radius 2 is 2.15 bits per heavy atom. The molecule has 0 aliphatic rings. The van der Waals surface area contributed by atoms with Gasteiger partial charge in [-0.15, -0.1) is 6.42 Å². The van der Waals surface area contributed by atoms with E-state index in [0.717, 1.165) is 0 Å². The summed E-state index contributed by atoms with van der Waals surface area (Å²) < 4.78 is 10.9. The van der Waals surface area contributed by atoms with Crippen molar-refractivity contribution in [1.29, 1.82) is 0 Å². The van der Waals surface area contributed by atoms with Gasteiger partial charge in [-0.1, -0.05) is 29.0 Å². The van der Waals surface area contributed by atoms with Crippen molar-refractivity contribution in [3.63, 3.8) is 0 Å². The van der Waals surface area contributed by atoms with E-state index >= 15 is 0 Å². The second kappa shape index (κ2) is 5.36. The summed E-state index contributed by atoms with van der Waals surface area (Å²) in [5.74, 6) is 3.00. The van der Waals surface area contributed by atoms with Crippen molar-refractivity contribution in [1.82, 2.24) is 4.89 Å². The molecule has 0 radical (unpaired) electrons. The smallest absolute Gasteiger partial charge is 0.148 e. The maximum Gasteiger partial charge on any atom is 0.148 e. The van der Waals surface area contributed by atoms with Crippen LogP contribution in [0.25, 0.3) is 0 Å². The molecule has 68 valence electrons. The summed E-state index contributed by atoms with van der Waals surface area (Å²) in [6.07, 6.45) is 4.96. The molecular formula is C9H9NO2S. The van der Waals surface area contributed by atoms with Crippen LogP contribution in [0, 0.1) is 12.3 Å². The minimum absolute atomic E-state index is 0.132. The van der Waals surface area contributed by atoms with E-state index < -0.39 is 11.0 Å². The molecule has 0 amide bonds. The van der Waals surface area contributed by atoms with E-state index in [1.807, 2.05) is 18.2 Å². The summed E-state index contributed by atoms with van der Waals surface area (Å²) in [7, 11) is -1.33. The van der Waals surface area contributed by atoms with Crippen molar-refractivity contribution in [3.8, 4) is 18.1 Å². The van der Waals surface area contributed by atoms with E-state index in [-0.39, 0.29) is 5.75 Å². The zero-order valence-electron chi connectivity index (χ0n) is 6.90. The lowest BCUT2D eigenvalue weighted by Gasteiger charge is -2.03. The van der Waals surface area contributed by atoms with Gasteiger partial charge in [0.1, 0.15) is 22.5 Å². The Hall–Kier alpha value is -1.31. The van der Waals surface area contributed by atoms with Crippen LogP contribution in [0.4, 0.5) is 0 Å². The van der Waals surface area contributed by atoms with Crippen molar-refractivity contribution < 1.29 is 9.05 Å². The van der Waals surface area contributed by atoms with Crippen molar-refractivity contribution in [2.24, 2.45) is 0 Å². The van der Waals surface area contributed by atoms with Crippen LogP contribution in [-0.4, -0.2) is 9.96 Å². The number of para-hydroxylation sites is 1. The number of benzene rings is 1. The lowest BCUT2D eigenvalue weighted by Crippen LogP contribution is -2.22. The van der Waals surface area contributed by atoms with Gasteiger partial charge in [0.05, 0.1) is 0 Å². The predicted octanol–water partition coefficient (Wildman–Crippen LogP) is 0.867. The first kappa shape index (κ1) is 9.78. The number of hydrogen-bond acceptors (Lipinski definition) is 2. The molecule has 1 rings (SSSR count). The molecule has 1 aromatic rings. The lowest BCUT2D eigenvalue weighted by atomic mass is 10.3. The van der Waals surface area contributed by atoms with E-state index in [1.165, 1.54) is 0 Å². The number of terminal acetylenes is 1. The molecule has 0 aliphatic carbocycles. The molecule has 3 nitrogen and oxygen atoms in total. The standard InChI is InChI=1S/C9H9NO2S/c1-2-8-13(11)10-12-9-6-4-3-5-7-9/h1,3-7,10H,8H2. The van der Waals surface area contributed by atoms with Gasteiger partial charge < -0.3 is 4.84 Å². The normalized spacial score (nSPS) is 11.6. The van der Waals surface area contributed by atoms with E-state index in [1.54, 1.807) is 12.1 Å². The SMILES string of the molecule is C#CCS(=O)NOc1ccccc1. The molecule has 13 heavy (non-hydrogen) atoms. The van der Waals surface area contributed by atoms with E-state index in [4.69, 9.17) is 11.3 Å². The second-order valence-electron chi connectivity index (χ2n) is 2.19. The van der Waals surface area contributed by atoms with Crippen LogP contribution in [0.1, 0.15) is 0 Å². The largest absolute Gasteiger partial charge is 0.396 e. The van der Waals surface area contributed by atoms with Gasteiger partial charge in [0, 0.05) is 0 Å². The van der Waals surface area contributed by atoms with Gasteiger partial charge in [0.15, 0.2) is 0 Å². The van der Waals surface area contributed by atoms with Crippen LogP contribution in [-0.2, 0) is 11.0 Å². The number of nitrogens with one attached hydrogen (secondary N) is 1. The molecule has 1 unspecified atom stereocenters. The Morgan fingerprint density at radius 1 is 1.46 bits per heavy atom. The fraction of sp³-hybridized carbons (Fsp3) is 0.111. The Bertz CT molecular complexity index is 318. The Labute approximate surface area is 79.7 Å². The molecule has 0 saturated carbocycles. The zero-order valence-corrected chi connectivity index (χ0v) is 7.71. The molecule has 0 aromatic heterocycles. The highest BCUT2D eigenvalue weighted by molar-refractivity contribution is 7.83. The first-order valence-electron chi connectivity index (χ1n) is 3.62. The zero-order chi connectivity index (χ0) is 9.52. The van der Waals surface area contributed by atoms with Gasteiger partial charge in [-0.3, -0.25) is 0 Å². The molecule has 1 atom stereocenters. The van der Waals surface area contributed by atoms with Crippen LogP contribution in [0.2, 0.25) is 0 Å². The molecule has 0 aliphatic heterocycles. The van der Waals surface area contributed by atoms with Crippen LogP contribution >= 0.6 is 0 Å². The molecule has 1 N–H and O–H groups in total. The quantitative estimate of drug-likeness (QED) is 0.572. The van der Waals surface area contributed by atoms with Crippen LogP contribution in [0.3, 0.4) is 0 Å². The molecule has 4 heteroatoms. The summed E-state index contributed by atoms with van der Waals surface area (Å²) in [4.78, 5) is 7.30. The molecule has 1 aromatic carbocycles. The highest BCUT2D eigenvalue weighted by atomic mass is 32.2. The first-order chi connectivity index (χ1) is 6.33. The third-order valence-corrected chi connectivity index (χ3v) is 1.91. The topological polar surface area (TPSA) is 38.3 Å². The Morgan fingerprint density at radius 3 is 2.77 bits per heavy atom. The molecule has 0 fully saturated rings. The van der Waals surface area contributed by atoms with Crippen molar-refractivity contribution in [3.05, 3.63) is 30.3 Å². The monoisotopic (exact) mass is 195 g/mol. The molecule has 0 spiro atoms. The van der Waals surface area contributed by atoms with Gasteiger partial charge in [-0.05, 0) is 12.1 Å². The van der Waals surface area contributed by atoms with Crippen molar-refractivity contribution in [2.45, 2.75) is 0 Å². The average Bonchev–Trinajstić information content (AvgIpc) is 2.17. The Balaban J connectivity index is 2.36. The fourth-order valence-corrected chi connectivity index (χ4v) is 1.09. The first-order valence-corrected chi connectivity index (χ1v) is 4.94. The highest BCUT2D eigenvalue weighted by Gasteiger charge is 1.96. The minimum atomic E-state index is -1.33. The maximum atomic E-state index is 10.9. The third-order valence-electron chi connectivity index (χ3n) is 1.21. The van der Waals surface area contributed by atoms with E-state index in [0.29, 0.717) is 5.75 Å². The Kier molecular flexibility index (Phi) is 4.03. The molecular weight excluding hydrogens is 186 g/mol. The summed E-state index contributed by atoms with van der Waals surface area (Å²) in [5, 5.41) is 0. The molecule has 0 bridgehead atoms. The number of hydrogen-bond donors (Lipinski definition) is 1. The van der Waals surface area contributed by atoms with Gasteiger partial charge in [0.2, 0.25) is 0 Å². The van der Waals surface area contributed by atoms with Crippen LogP contribution in [0.15, 0.2) is 30.3 Å². The average molecular weight is 195 g/mol. The fourth-order valence-electron chi connectivity index (χ4n) is 0.688. The molecule has 0 heterocycles. The van der Waals surface area contributed by atoms with E-state index in [2.05, 4.69) is 10.8 Å². The summed E-state index contributed by atoms with van der Waals surface area (Å²) in [6.45, 7) is 0. The van der Waals surface area contributed by atoms with Gasteiger partial charge >= 0.3 is 0 Å². The van der Waals surface area contributed by atoms with Crippen LogP contribution in [0.5, 0.6) is 5.75 Å². The lowest BCUT2D eigenvalue weighted by molar-refractivity contribution is 0.278. The van der Waals surface area contributed by atoms with Crippen molar-refractivity contribution in [2.75, 3.05) is 5.75 Å². The number of rotatable bonds is 4. The van der Waals surface area contributed by atoms with Gasteiger partial charge in [-0.2, -0.15) is 0 Å². The van der Waals surface area contributed by atoms with Crippen molar-refractivity contribution >= 4 is 11.0 Å². The van der Waals surface area contributed by atoms with Crippen LogP contribution < -0.4 is 9.72 Å². The highest BCUT2D eigenvalue weighted by Crippen LogP contribution is 2.06. The summed E-state index contributed by atoms with van der Waals surface area (Å²) >= 11 is 0. The van der Waals surface area contributed by atoms with Gasteiger partial charge in [0.25, 0.3) is 0 Å². The summed E-state index contributed by atoms with van der Waals surface area (Å²) in [6, 6.07) is 9.01. The predicted molar refractivity (Wildman–Crippen MR) is 52.0 cm³/mol.